The molecule has 0 spiro atoms. The number of methoxy groups -OCH3 is 1. The topological polar surface area (TPSA) is 96.0 Å². The van der Waals surface area contributed by atoms with Gasteiger partial charge in [0.1, 0.15) is 30.0 Å². The van der Waals surface area contributed by atoms with E-state index in [-0.39, 0.29) is 29.1 Å². The van der Waals surface area contributed by atoms with Crippen LogP contribution in [0, 0.1) is 11.6 Å². The van der Waals surface area contributed by atoms with Crippen LogP contribution in [-0.4, -0.2) is 51.4 Å². The molecule has 11 heteroatoms. The Morgan fingerprint density at radius 2 is 1.51 bits per heavy atom. The highest BCUT2D eigenvalue weighted by Gasteiger charge is 2.35. The van der Waals surface area contributed by atoms with Crippen LogP contribution in [-0.2, 0) is 32.6 Å². The van der Waals surface area contributed by atoms with Crippen molar-refractivity contribution in [2.24, 2.45) is 0 Å². The van der Waals surface area contributed by atoms with Crippen molar-refractivity contribution in [3.05, 3.63) is 126 Å². The van der Waals surface area contributed by atoms with Crippen molar-refractivity contribution in [1.82, 2.24) is 10.2 Å². The van der Waals surface area contributed by atoms with Gasteiger partial charge in [0.05, 0.1) is 17.7 Å². The maximum absolute atomic E-state index is 15.0. The fourth-order valence-electron chi connectivity index (χ4n) is 4.74. The second-order valence-electron chi connectivity index (χ2n) is 10.3. The van der Waals surface area contributed by atoms with Gasteiger partial charge in [0.15, 0.2) is 0 Å². The lowest BCUT2D eigenvalue weighted by molar-refractivity contribution is -0.140. The number of halogens is 2. The monoisotopic (exact) mass is 635 g/mol. The van der Waals surface area contributed by atoms with Crippen LogP contribution < -0.4 is 14.4 Å². The van der Waals surface area contributed by atoms with E-state index in [4.69, 9.17) is 4.74 Å². The van der Waals surface area contributed by atoms with Crippen molar-refractivity contribution in [2.75, 3.05) is 24.5 Å². The Morgan fingerprint density at radius 1 is 0.867 bits per heavy atom. The summed E-state index contributed by atoms with van der Waals surface area (Å²) in [4.78, 5) is 29.0. The molecular weight excluding hydrogens is 600 g/mol. The lowest BCUT2D eigenvalue weighted by Crippen LogP contribution is -2.53. The van der Waals surface area contributed by atoms with Crippen molar-refractivity contribution < 1.29 is 31.5 Å². The minimum Gasteiger partial charge on any atom is -0.497 e. The fraction of sp³-hybridized carbons (Fsp3) is 0.235. The molecule has 4 rings (SSSR count). The van der Waals surface area contributed by atoms with Crippen LogP contribution in [0.1, 0.15) is 24.5 Å². The molecular formula is C34H35F2N3O5S. The van der Waals surface area contributed by atoms with E-state index in [0.717, 1.165) is 22.0 Å². The second kappa shape index (κ2) is 15.3. The SMILES string of the molecule is CCCNC(=O)C(Cc1ccccc1)N(Cc1ccccc1F)C(=O)CN(c1ccc(F)cc1)S(=O)(=O)c1ccc(OC)cc1. The summed E-state index contributed by atoms with van der Waals surface area (Å²) in [6.45, 7) is 1.18. The van der Waals surface area contributed by atoms with E-state index in [9.17, 15) is 26.8 Å². The van der Waals surface area contributed by atoms with E-state index in [1.165, 1.54) is 66.6 Å². The first-order chi connectivity index (χ1) is 21.6. The number of benzene rings is 4. The van der Waals surface area contributed by atoms with E-state index < -0.39 is 46.1 Å². The molecule has 0 radical (unpaired) electrons. The van der Waals surface area contributed by atoms with Crippen molar-refractivity contribution >= 4 is 27.5 Å². The molecule has 0 saturated carbocycles. The lowest BCUT2D eigenvalue weighted by atomic mass is 10.0. The molecule has 1 unspecified atom stereocenters. The number of hydrogen-bond donors (Lipinski definition) is 1. The number of anilines is 1. The van der Waals surface area contributed by atoms with Gasteiger partial charge in [0, 0.05) is 25.1 Å². The van der Waals surface area contributed by atoms with Gasteiger partial charge < -0.3 is 15.0 Å². The third-order valence-electron chi connectivity index (χ3n) is 7.16. The fourth-order valence-corrected chi connectivity index (χ4v) is 6.16. The summed E-state index contributed by atoms with van der Waals surface area (Å²) in [5.41, 5.74) is 0.932. The first kappa shape index (κ1) is 33.1. The van der Waals surface area contributed by atoms with E-state index in [1.54, 1.807) is 18.2 Å². The molecule has 4 aromatic rings. The van der Waals surface area contributed by atoms with Gasteiger partial charge >= 0.3 is 0 Å². The zero-order chi connectivity index (χ0) is 32.4. The minimum absolute atomic E-state index is 0.0291. The molecule has 8 nitrogen and oxygen atoms in total. The van der Waals surface area contributed by atoms with Crippen molar-refractivity contribution in [3.8, 4) is 5.75 Å². The molecule has 4 aromatic carbocycles. The van der Waals surface area contributed by atoms with Gasteiger partial charge in [0.2, 0.25) is 11.8 Å². The number of carbonyl (C=O) groups excluding carboxylic acids is 2. The van der Waals surface area contributed by atoms with E-state index in [1.807, 2.05) is 25.1 Å². The van der Waals surface area contributed by atoms with Gasteiger partial charge in [-0.1, -0.05) is 55.5 Å². The number of nitrogens with zero attached hydrogens (tertiary/aromatic N) is 2. The average Bonchev–Trinajstić information content (AvgIpc) is 3.05. The zero-order valence-electron chi connectivity index (χ0n) is 25.0. The molecule has 0 aromatic heterocycles. The van der Waals surface area contributed by atoms with Crippen LogP contribution in [0.5, 0.6) is 5.75 Å². The maximum atomic E-state index is 15.0. The largest absolute Gasteiger partial charge is 0.497 e. The molecule has 0 fully saturated rings. The van der Waals surface area contributed by atoms with Gasteiger partial charge in [-0.05, 0) is 66.6 Å². The maximum Gasteiger partial charge on any atom is 0.264 e. The predicted molar refractivity (Wildman–Crippen MR) is 168 cm³/mol. The number of carbonyl (C=O) groups is 2. The highest BCUT2D eigenvalue weighted by atomic mass is 32.2. The third kappa shape index (κ3) is 8.45. The standard InChI is InChI=1S/C34H35F2N3O5S/c1-3-21-37-34(41)32(22-25-9-5-4-6-10-25)38(23-26-11-7-8-12-31(26)36)33(40)24-39(28-15-13-27(35)14-16-28)45(42,43)30-19-17-29(44-2)18-20-30/h4-20,32H,3,21-24H2,1-2H3,(H,37,41). The number of sulfonamides is 1. The van der Waals surface area contributed by atoms with Crippen LogP contribution in [0.4, 0.5) is 14.5 Å². The Balaban J connectivity index is 1.80. The van der Waals surface area contributed by atoms with Gasteiger partial charge in [-0.15, -0.1) is 0 Å². The quantitative estimate of drug-likeness (QED) is 0.202. The lowest BCUT2D eigenvalue weighted by Gasteiger charge is -2.34. The Morgan fingerprint density at radius 3 is 2.13 bits per heavy atom. The number of rotatable bonds is 14. The normalized spacial score (nSPS) is 11.8. The Labute approximate surface area is 262 Å². The molecule has 0 aliphatic heterocycles. The van der Waals surface area contributed by atoms with Crippen LogP contribution in [0.15, 0.2) is 108 Å². The highest BCUT2D eigenvalue weighted by molar-refractivity contribution is 7.92. The Kier molecular flexibility index (Phi) is 11.3. The van der Waals surface area contributed by atoms with Crippen molar-refractivity contribution in [1.29, 1.82) is 0 Å². The molecule has 236 valence electrons. The van der Waals surface area contributed by atoms with Gasteiger partial charge in [0.25, 0.3) is 10.0 Å². The van der Waals surface area contributed by atoms with Crippen LogP contribution in [0.2, 0.25) is 0 Å². The van der Waals surface area contributed by atoms with Crippen molar-refractivity contribution in [2.45, 2.75) is 37.2 Å². The molecule has 0 saturated heterocycles. The van der Waals surface area contributed by atoms with Crippen LogP contribution >= 0.6 is 0 Å². The molecule has 2 amide bonds. The van der Waals surface area contributed by atoms with Gasteiger partial charge in [-0.3, -0.25) is 13.9 Å². The van der Waals surface area contributed by atoms with Crippen LogP contribution in [0.25, 0.3) is 0 Å². The summed E-state index contributed by atoms with van der Waals surface area (Å²) < 4.78 is 62.9. The smallest absolute Gasteiger partial charge is 0.264 e. The van der Waals surface area contributed by atoms with Crippen LogP contribution in [0.3, 0.4) is 0 Å². The summed E-state index contributed by atoms with van der Waals surface area (Å²) in [5.74, 6) is -1.97. The first-order valence-corrected chi connectivity index (χ1v) is 15.8. The number of amides is 2. The number of nitrogens with one attached hydrogen (secondary N) is 1. The summed E-state index contributed by atoms with van der Waals surface area (Å²) in [5, 5.41) is 2.83. The first-order valence-electron chi connectivity index (χ1n) is 14.4. The number of ether oxygens (including phenoxy) is 1. The Hall–Kier alpha value is -4.77. The van der Waals surface area contributed by atoms with E-state index >= 15 is 0 Å². The molecule has 0 heterocycles. The number of hydrogen-bond acceptors (Lipinski definition) is 5. The predicted octanol–water partition coefficient (Wildman–Crippen LogP) is 5.34. The molecule has 0 aliphatic carbocycles. The summed E-state index contributed by atoms with van der Waals surface area (Å²) in [7, 11) is -2.94. The second-order valence-corrected chi connectivity index (χ2v) is 12.1. The van der Waals surface area contributed by atoms with Gasteiger partial charge in [-0.2, -0.15) is 0 Å². The highest BCUT2D eigenvalue weighted by Crippen LogP contribution is 2.27. The van der Waals surface area contributed by atoms with E-state index in [0.29, 0.717) is 18.7 Å². The molecule has 45 heavy (non-hydrogen) atoms. The van der Waals surface area contributed by atoms with E-state index in [2.05, 4.69) is 5.32 Å². The average molecular weight is 636 g/mol. The van der Waals surface area contributed by atoms with Crippen molar-refractivity contribution in [3.63, 3.8) is 0 Å². The Bertz CT molecular complexity index is 1690. The summed E-state index contributed by atoms with van der Waals surface area (Å²) in [6.07, 6.45) is 0.738. The molecule has 0 aliphatic rings. The zero-order valence-corrected chi connectivity index (χ0v) is 25.8. The summed E-state index contributed by atoms with van der Waals surface area (Å²) >= 11 is 0. The molecule has 1 N–H and O–H groups in total. The minimum atomic E-state index is -4.39. The molecule has 0 bridgehead atoms. The van der Waals surface area contributed by atoms with Gasteiger partial charge in [-0.25, -0.2) is 17.2 Å². The molecule has 1 atom stereocenters. The summed E-state index contributed by atoms with van der Waals surface area (Å²) in [6, 6.07) is 24.1. The third-order valence-corrected chi connectivity index (χ3v) is 8.95.